The van der Waals surface area contributed by atoms with Gasteiger partial charge in [0.2, 0.25) is 0 Å². The highest BCUT2D eigenvalue weighted by molar-refractivity contribution is 5.99. The monoisotopic (exact) mass is 382 g/mol. The van der Waals surface area contributed by atoms with E-state index in [2.05, 4.69) is 0 Å². The summed E-state index contributed by atoms with van der Waals surface area (Å²) in [6.45, 7) is 1.82. The third-order valence-electron chi connectivity index (χ3n) is 4.41. The highest BCUT2D eigenvalue weighted by Crippen LogP contribution is 2.15. The lowest BCUT2D eigenvalue weighted by Gasteiger charge is -2.16. The fourth-order valence-electron chi connectivity index (χ4n) is 2.89. The molecule has 7 heteroatoms. The Bertz CT molecular complexity index is 538. The van der Waals surface area contributed by atoms with Gasteiger partial charge in [-0.3, -0.25) is 14.4 Å². The molecule has 1 aliphatic heterocycles. The lowest BCUT2D eigenvalue weighted by molar-refractivity contribution is -0.155. The molecule has 0 spiro atoms. The van der Waals surface area contributed by atoms with Gasteiger partial charge in [0, 0.05) is 6.08 Å². The second kappa shape index (κ2) is 13.1. The molecule has 152 valence electrons. The number of esters is 2. The smallest absolute Gasteiger partial charge is 0.331 e. The quantitative estimate of drug-likeness (QED) is 0.743. The molecule has 1 aliphatic rings. The van der Waals surface area contributed by atoms with Crippen molar-refractivity contribution in [2.45, 2.75) is 89.8 Å². The number of rotatable bonds is 4. The van der Waals surface area contributed by atoms with Crippen molar-refractivity contribution in [2.24, 2.45) is 0 Å². The molecular weight excluding hydrogens is 352 g/mol. The SMILES string of the molecule is CC1CCCCCCCCCC(OC(=O)CCC(=O)O)C(=O)C=CC(=O)O1. The van der Waals surface area contributed by atoms with E-state index in [0.717, 1.165) is 63.5 Å². The van der Waals surface area contributed by atoms with E-state index in [1.807, 2.05) is 6.92 Å². The maximum absolute atomic E-state index is 12.3. The third-order valence-corrected chi connectivity index (χ3v) is 4.41. The van der Waals surface area contributed by atoms with Gasteiger partial charge in [-0.05, 0) is 38.7 Å². The topological polar surface area (TPSA) is 107 Å². The van der Waals surface area contributed by atoms with Crippen LogP contribution in [-0.2, 0) is 28.7 Å². The predicted octanol–water partition coefficient (Wildman–Crippen LogP) is 3.34. The second-order valence-corrected chi connectivity index (χ2v) is 6.91. The molecule has 0 radical (unpaired) electrons. The van der Waals surface area contributed by atoms with Crippen LogP contribution in [0.1, 0.15) is 77.6 Å². The molecule has 2 unspecified atom stereocenters. The molecule has 1 rings (SSSR count). The molecule has 1 heterocycles. The summed E-state index contributed by atoms with van der Waals surface area (Å²) in [5.41, 5.74) is 0. The van der Waals surface area contributed by atoms with Crippen molar-refractivity contribution in [1.82, 2.24) is 0 Å². The average molecular weight is 382 g/mol. The van der Waals surface area contributed by atoms with Gasteiger partial charge in [-0.15, -0.1) is 0 Å². The minimum atomic E-state index is -1.10. The van der Waals surface area contributed by atoms with Gasteiger partial charge in [-0.2, -0.15) is 0 Å². The number of carboxylic acid groups (broad SMARTS) is 1. The van der Waals surface area contributed by atoms with Gasteiger partial charge in [-0.25, -0.2) is 4.79 Å². The van der Waals surface area contributed by atoms with Crippen LogP contribution in [0, 0.1) is 0 Å². The molecule has 2 atom stereocenters. The first-order chi connectivity index (χ1) is 12.9. The van der Waals surface area contributed by atoms with E-state index in [9.17, 15) is 19.2 Å². The first-order valence-corrected chi connectivity index (χ1v) is 9.72. The van der Waals surface area contributed by atoms with Crippen molar-refractivity contribution < 1.29 is 33.8 Å². The van der Waals surface area contributed by atoms with E-state index in [-0.39, 0.29) is 18.9 Å². The molecule has 0 aliphatic carbocycles. The number of ether oxygens (including phenoxy) is 2. The van der Waals surface area contributed by atoms with Gasteiger partial charge < -0.3 is 14.6 Å². The lowest BCUT2D eigenvalue weighted by Crippen LogP contribution is -2.26. The average Bonchev–Trinajstić information content (AvgIpc) is 2.61. The Kier molecular flexibility index (Phi) is 11.1. The van der Waals surface area contributed by atoms with Gasteiger partial charge in [0.1, 0.15) is 0 Å². The van der Waals surface area contributed by atoms with E-state index >= 15 is 0 Å². The van der Waals surface area contributed by atoms with E-state index in [1.54, 1.807) is 0 Å². The van der Waals surface area contributed by atoms with E-state index < -0.39 is 29.8 Å². The van der Waals surface area contributed by atoms with Gasteiger partial charge >= 0.3 is 17.9 Å². The maximum atomic E-state index is 12.3. The lowest BCUT2D eigenvalue weighted by atomic mass is 10.0. The highest BCUT2D eigenvalue weighted by atomic mass is 16.5. The highest BCUT2D eigenvalue weighted by Gasteiger charge is 2.21. The molecule has 0 aromatic rings. The minimum Gasteiger partial charge on any atom is -0.481 e. The summed E-state index contributed by atoms with van der Waals surface area (Å²) in [6.07, 6.45) is 8.45. The zero-order chi connectivity index (χ0) is 20.1. The standard InChI is InChI=1S/C20H30O7/c1-15-9-7-5-3-2-4-6-8-10-17(16(21)11-13-19(24)26-15)27-20(25)14-12-18(22)23/h11,13,15,17H,2-10,12,14H2,1H3,(H,22,23). The van der Waals surface area contributed by atoms with Crippen molar-refractivity contribution in [3.63, 3.8) is 0 Å². The molecule has 0 aromatic carbocycles. The summed E-state index contributed by atoms with van der Waals surface area (Å²) in [4.78, 5) is 46.5. The van der Waals surface area contributed by atoms with Crippen molar-refractivity contribution in [2.75, 3.05) is 0 Å². The fraction of sp³-hybridized carbons (Fsp3) is 0.700. The minimum absolute atomic E-state index is 0.213. The number of hydrogen-bond donors (Lipinski definition) is 1. The van der Waals surface area contributed by atoms with Crippen molar-refractivity contribution >= 4 is 23.7 Å². The summed E-state index contributed by atoms with van der Waals surface area (Å²) in [5, 5.41) is 8.63. The van der Waals surface area contributed by atoms with Crippen molar-refractivity contribution in [3.05, 3.63) is 12.2 Å². The van der Waals surface area contributed by atoms with Crippen LogP contribution in [0.2, 0.25) is 0 Å². The summed E-state index contributed by atoms with van der Waals surface area (Å²) < 4.78 is 10.4. The summed E-state index contributed by atoms with van der Waals surface area (Å²) in [6, 6.07) is 0. The van der Waals surface area contributed by atoms with Crippen LogP contribution in [0.25, 0.3) is 0 Å². The largest absolute Gasteiger partial charge is 0.481 e. The van der Waals surface area contributed by atoms with E-state index in [0.29, 0.717) is 6.42 Å². The first-order valence-electron chi connectivity index (χ1n) is 9.72. The number of carboxylic acids is 1. The van der Waals surface area contributed by atoms with Gasteiger partial charge in [-0.1, -0.05) is 32.1 Å². The van der Waals surface area contributed by atoms with Gasteiger partial charge in [0.05, 0.1) is 18.9 Å². The molecule has 0 saturated carbocycles. The Labute approximate surface area is 160 Å². The number of ketones is 1. The van der Waals surface area contributed by atoms with Crippen LogP contribution in [0.4, 0.5) is 0 Å². The van der Waals surface area contributed by atoms with Crippen molar-refractivity contribution in [1.29, 1.82) is 0 Å². The number of carbonyl (C=O) groups is 4. The predicted molar refractivity (Wildman–Crippen MR) is 98.0 cm³/mol. The van der Waals surface area contributed by atoms with Crippen LogP contribution >= 0.6 is 0 Å². The number of hydrogen-bond acceptors (Lipinski definition) is 6. The van der Waals surface area contributed by atoms with E-state index in [4.69, 9.17) is 14.6 Å². The van der Waals surface area contributed by atoms with Crippen LogP contribution in [0.15, 0.2) is 12.2 Å². The van der Waals surface area contributed by atoms with Crippen molar-refractivity contribution in [3.8, 4) is 0 Å². The third kappa shape index (κ3) is 11.2. The van der Waals surface area contributed by atoms with Crippen LogP contribution < -0.4 is 0 Å². The number of aliphatic carboxylic acids is 1. The molecule has 0 amide bonds. The zero-order valence-corrected chi connectivity index (χ0v) is 16.0. The molecule has 0 bridgehead atoms. The molecular formula is C20H30O7. The second-order valence-electron chi connectivity index (χ2n) is 6.91. The molecule has 0 fully saturated rings. The Morgan fingerprint density at radius 2 is 1.59 bits per heavy atom. The molecule has 1 N–H and O–H groups in total. The Hall–Kier alpha value is -2.18. The maximum Gasteiger partial charge on any atom is 0.331 e. The van der Waals surface area contributed by atoms with Gasteiger partial charge in [0.15, 0.2) is 11.9 Å². The molecule has 0 saturated heterocycles. The fourth-order valence-corrected chi connectivity index (χ4v) is 2.89. The zero-order valence-electron chi connectivity index (χ0n) is 16.0. The Morgan fingerprint density at radius 1 is 1.00 bits per heavy atom. The first kappa shape index (κ1) is 22.9. The number of carbonyl (C=O) groups excluding carboxylic acids is 3. The summed E-state index contributed by atoms with van der Waals surface area (Å²) >= 11 is 0. The van der Waals surface area contributed by atoms with Gasteiger partial charge in [0.25, 0.3) is 0 Å². The molecule has 0 aromatic heterocycles. The number of cyclic esters (lactones) is 1. The summed E-state index contributed by atoms with van der Waals surface area (Å²) in [5.74, 6) is -2.92. The normalized spacial score (nSPS) is 23.4. The summed E-state index contributed by atoms with van der Waals surface area (Å²) in [7, 11) is 0. The Balaban J connectivity index is 2.70. The Morgan fingerprint density at radius 3 is 2.22 bits per heavy atom. The molecule has 7 nitrogen and oxygen atoms in total. The van der Waals surface area contributed by atoms with Crippen LogP contribution in [0.5, 0.6) is 0 Å². The molecule has 27 heavy (non-hydrogen) atoms. The van der Waals surface area contributed by atoms with Crippen LogP contribution in [0.3, 0.4) is 0 Å². The van der Waals surface area contributed by atoms with Crippen LogP contribution in [-0.4, -0.2) is 41.0 Å². The van der Waals surface area contributed by atoms with E-state index in [1.165, 1.54) is 0 Å².